The minimum Gasteiger partial charge on any atom is -0.352 e. The SMILES string of the molecule is Cc1nc(N2CCN(C(=O)C3CCCC3)CC2)c2c(C)c(C)sc2n1. The van der Waals surface area contributed by atoms with E-state index in [1.54, 1.807) is 11.3 Å². The van der Waals surface area contributed by atoms with Gasteiger partial charge >= 0.3 is 0 Å². The number of carbonyl (C=O) groups is 1. The summed E-state index contributed by atoms with van der Waals surface area (Å²) in [5, 5.41) is 1.20. The van der Waals surface area contributed by atoms with Gasteiger partial charge in [0, 0.05) is 37.0 Å². The predicted octanol–water partition coefficient (Wildman–Crippen LogP) is 3.46. The molecule has 25 heavy (non-hydrogen) atoms. The van der Waals surface area contributed by atoms with Gasteiger partial charge in [-0.2, -0.15) is 0 Å². The zero-order valence-electron chi connectivity index (χ0n) is 15.3. The van der Waals surface area contributed by atoms with Crippen LogP contribution in [0.3, 0.4) is 0 Å². The summed E-state index contributed by atoms with van der Waals surface area (Å²) in [7, 11) is 0. The quantitative estimate of drug-likeness (QED) is 0.825. The molecule has 1 aliphatic carbocycles. The maximum absolute atomic E-state index is 12.7. The van der Waals surface area contributed by atoms with Gasteiger partial charge in [-0.3, -0.25) is 4.79 Å². The highest BCUT2D eigenvalue weighted by atomic mass is 32.1. The fourth-order valence-corrected chi connectivity index (χ4v) is 5.20. The minimum atomic E-state index is 0.279. The monoisotopic (exact) mass is 358 g/mol. The number of fused-ring (bicyclic) bond motifs is 1. The molecular weight excluding hydrogens is 332 g/mol. The number of rotatable bonds is 2. The number of nitrogens with zero attached hydrogens (tertiary/aromatic N) is 4. The van der Waals surface area contributed by atoms with Gasteiger partial charge in [0.05, 0.1) is 5.39 Å². The average molecular weight is 359 g/mol. The highest BCUT2D eigenvalue weighted by Crippen LogP contribution is 2.35. The summed E-state index contributed by atoms with van der Waals surface area (Å²) >= 11 is 1.75. The number of carbonyl (C=O) groups excluding carboxylic acids is 1. The molecule has 2 aliphatic rings. The van der Waals surface area contributed by atoms with Gasteiger partial charge in [0.1, 0.15) is 16.5 Å². The first kappa shape index (κ1) is 16.8. The van der Waals surface area contributed by atoms with Crippen molar-refractivity contribution in [1.29, 1.82) is 0 Å². The van der Waals surface area contributed by atoms with Crippen LogP contribution in [0.15, 0.2) is 0 Å². The Kier molecular flexibility index (Phi) is 4.40. The number of piperazine rings is 1. The smallest absolute Gasteiger partial charge is 0.225 e. The van der Waals surface area contributed by atoms with E-state index in [0.717, 1.165) is 55.5 Å². The first-order chi connectivity index (χ1) is 12.0. The molecule has 0 spiro atoms. The van der Waals surface area contributed by atoms with Gasteiger partial charge in [0.15, 0.2) is 0 Å². The molecule has 0 N–H and O–H groups in total. The maximum atomic E-state index is 12.7. The van der Waals surface area contributed by atoms with E-state index >= 15 is 0 Å². The number of hydrogen-bond donors (Lipinski definition) is 0. The predicted molar refractivity (Wildman–Crippen MR) is 102 cm³/mol. The molecule has 2 aromatic heterocycles. The molecule has 1 amide bonds. The third kappa shape index (κ3) is 3.01. The van der Waals surface area contributed by atoms with Crippen LogP contribution in [0.4, 0.5) is 5.82 Å². The van der Waals surface area contributed by atoms with Crippen LogP contribution in [-0.4, -0.2) is 47.0 Å². The van der Waals surface area contributed by atoms with Crippen LogP contribution in [0.2, 0.25) is 0 Å². The second kappa shape index (κ2) is 6.56. The van der Waals surface area contributed by atoms with Gasteiger partial charge < -0.3 is 9.80 Å². The van der Waals surface area contributed by atoms with Crippen LogP contribution in [0.1, 0.15) is 41.9 Å². The third-order valence-electron chi connectivity index (χ3n) is 5.72. The van der Waals surface area contributed by atoms with Crippen LogP contribution in [0, 0.1) is 26.7 Å². The van der Waals surface area contributed by atoms with Crippen LogP contribution in [0.25, 0.3) is 10.2 Å². The van der Waals surface area contributed by atoms with Gasteiger partial charge in [-0.1, -0.05) is 12.8 Å². The van der Waals surface area contributed by atoms with E-state index in [1.165, 1.54) is 28.7 Å². The first-order valence-electron chi connectivity index (χ1n) is 9.32. The lowest BCUT2D eigenvalue weighted by Gasteiger charge is -2.37. The summed E-state index contributed by atoms with van der Waals surface area (Å²) in [5.41, 5.74) is 1.29. The number of thiophene rings is 1. The van der Waals surface area contributed by atoms with Crippen molar-refractivity contribution in [3.8, 4) is 0 Å². The molecule has 0 radical (unpaired) electrons. The van der Waals surface area contributed by atoms with E-state index < -0.39 is 0 Å². The molecule has 0 aromatic carbocycles. The van der Waals surface area contributed by atoms with Crippen molar-refractivity contribution in [1.82, 2.24) is 14.9 Å². The second-order valence-corrected chi connectivity index (χ2v) is 8.55. The molecule has 2 fully saturated rings. The summed E-state index contributed by atoms with van der Waals surface area (Å²) in [6.45, 7) is 9.61. The Hall–Kier alpha value is -1.69. The molecule has 0 unspecified atom stereocenters. The molecule has 0 atom stereocenters. The Morgan fingerprint density at radius 1 is 1.04 bits per heavy atom. The summed E-state index contributed by atoms with van der Waals surface area (Å²) < 4.78 is 0. The Morgan fingerprint density at radius 2 is 1.72 bits per heavy atom. The van der Waals surface area contributed by atoms with Crippen LogP contribution < -0.4 is 4.90 Å². The van der Waals surface area contributed by atoms with Gasteiger partial charge in [-0.15, -0.1) is 11.3 Å². The van der Waals surface area contributed by atoms with Crippen molar-refractivity contribution in [3.05, 3.63) is 16.3 Å². The lowest BCUT2D eigenvalue weighted by atomic mass is 10.1. The zero-order valence-corrected chi connectivity index (χ0v) is 16.2. The number of aromatic nitrogens is 2. The Labute approximate surface area is 153 Å². The average Bonchev–Trinajstić information content (AvgIpc) is 3.23. The van der Waals surface area contributed by atoms with Crippen molar-refractivity contribution < 1.29 is 4.79 Å². The molecular formula is C19H26N4OS. The molecule has 6 heteroatoms. The van der Waals surface area contributed by atoms with Crippen LogP contribution in [0.5, 0.6) is 0 Å². The van der Waals surface area contributed by atoms with Gasteiger partial charge in [-0.25, -0.2) is 9.97 Å². The standard InChI is InChI=1S/C19H26N4OS/c1-12-13(2)25-18-16(12)17(20-14(3)21-18)22-8-10-23(11-9-22)19(24)15-6-4-5-7-15/h15H,4-11H2,1-3H3. The van der Waals surface area contributed by atoms with Gasteiger partial charge in [-0.05, 0) is 39.2 Å². The Balaban J connectivity index is 1.54. The van der Waals surface area contributed by atoms with Crippen molar-refractivity contribution in [2.75, 3.05) is 31.1 Å². The van der Waals surface area contributed by atoms with E-state index in [1.807, 2.05) is 6.92 Å². The highest BCUT2D eigenvalue weighted by Gasteiger charge is 2.30. The van der Waals surface area contributed by atoms with E-state index in [9.17, 15) is 4.79 Å². The summed E-state index contributed by atoms with van der Waals surface area (Å²) in [6.07, 6.45) is 4.59. The normalized spacial score (nSPS) is 19.2. The highest BCUT2D eigenvalue weighted by molar-refractivity contribution is 7.18. The lowest BCUT2D eigenvalue weighted by Crippen LogP contribution is -2.50. The third-order valence-corrected chi connectivity index (χ3v) is 6.82. The van der Waals surface area contributed by atoms with E-state index in [0.29, 0.717) is 5.91 Å². The van der Waals surface area contributed by atoms with Gasteiger partial charge in [0.2, 0.25) is 5.91 Å². The zero-order chi connectivity index (χ0) is 17.6. The molecule has 1 saturated heterocycles. The summed E-state index contributed by atoms with van der Waals surface area (Å²) in [4.78, 5) is 28.9. The molecule has 3 heterocycles. The van der Waals surface area contributed by atoms with Crippen LogP contribution in [-0.2, 0) is 4.79 Å². The van der Waals surface area contributed by atoms with Crippen LogP contribution >= 0.6 is 11.3 Å². The van der Waals surface area contributed by atoms with E-state index in [-0.39, 0.29) is 5.92 Å². The molecule has 134 valence electrons. The van der Waals surface area contributed by atoms with Crippen molar-refractivity contribution in [2.45, 2.75) is 46.5 Å². The number of anilines is 1. The molecule has 0 bridgehead atoms. The van der Waals surface area contributed by atoms with Crippen molar-refractivity contribution >= 4 is 33.3 Å². The number of amides is 1. The largest absolute Gasteiger partial charge is 0.352 e. The molecule has 4 rings (SSSR count). The molecule has 1 aliphatic heterocycles. The van der Waals surface area contributed by atoms with Crippen molar-refractivity contribution in [2.24, 2.45) is 5.92 Å². The topological polar surface area (TPSA) is 49.3 Å². The number of hydrogen-bond acceptors (Lipinski definition) is 5. The fraction of sp³-hybridized carbons (Fsp3) is 0.632. The maximum Gasteiger partial charge on any atom is 0.225 e. The number of aryl methyl sites for hydroxylation is 3. The van der Waals surface area contributed by atoms with E-state index in [4.69, 9.17) is 4.98 Å². The second-order valence-electron chi connectivity index (χ2n) is 7.35. The van der Waals surface area contributed by atoms with Crippen molar-refractivity contribution in [3.63, 3.8) is 0 Å². The summed E-state index contributed by atoms with van der Waals surface area (Å²) in [6, 6.07) is 0. The van der Waals surface area contributed by atoms with E-state index in [2.05, 4.69) is 28.6 Å². The minimum absolute atomic E-state index is 0.279. The van der Waals surface area contributed by atoms with Gasteiger partial charge in [0.25, 0.3) is 0 Å². The Bertz CT molecular complexity index is 801. The fourth-order valence-electron chi connectivity index (χ4n) is 4.13. The summed E-state index contributed by atoms with van der Waals surface area (Å²) in [5.74, 6) is 2.54. The lowest BCUT2D eigenvalue weighted by molar-refractivity contribution is -0.135. The molecule has 2 aromatic rings. The molecule has 1 saturated carbocycles. The first-order valence-corrected chi connectivity index (χ1v) is 10.1. The Morgan fingerprint density at radius 3 is 2.40 bits per heavy atom. The molecule has 5 nitrogen and oxygen atoms in total.